The fourth-order valence-corrected chi connectivity index (χ4v) is 4.12. The van der Waals surface area contributed by atoms with Crippen LogP contribution in [-0.4, -0.2) is 73.7 Å². The minimum absolute atomic E-state index is 0.554. The second kappa shape index (κ2) is 7.84. The molecule has 23 heavy (non-hydrogen) atoms. The van der Waals surface area contributed by atoms with Crippen LogP contribution in [0.15, 0.2) is 4.99 Å². The molecule has 0 aromatic carbocycles. The van der Waals surface area contributed by atoms with Crippen LogP contribution < -0.4 is 10.6 Å². The van der Waals surface area contributed by atoms with Crippen molar-refractivity contribution in [3.8, 4) is 0 Å². The highest BCUT2D eigenvalue weighted by Crippen LogP contribution is 2.27. The highest BCUT2D eigenvalue weighted by molar-refractivity contribution is 5.80. The summed E-state index contributed by atoms with van der Waals surface area (Å²) in [7, 11) is 4.13. The van der Waals surface area contributed by atoms with Crippen LogP contribution in [0.3, 0.4) is 0 Å². The Balaban J connectivity index is 1.39. The van der Waals surface area contributed by atoms with Gasteiger partial charge in [0.15, 0.2) is 5.96 Å². The Morgan fingerprint density at radius 2 is 1.96 bits per heavy atom. The zero-order valence-corrected chi connectivity index (χ0v) is 15.2. The maximum absolute atomic E-state index is 4.42. The Morgan fingerprint density at radius 1 is 1.22 bits per heavy atom. The predicted octanol–water partition coefficient (Wildman–Crippen LogP) is 1.65. The molecule has 5 nitrogen and oxygen atoms in total. The molecular weight excluding hydrogens is 286 g/mol. The quantitative estimate of drug-likeness (QED) is 0.577. The highest BCUT2D eigenvalue weighted by Gasteiger charge is 2.31. The summed E-state index contributed by atoms with van der Waals surface area (Å²) < 4.78 is 0. The number of likely N-dealkylation sites (tertiary alicyclic amines) is 1. The predicted molar refractivity (Wildman–Crippen MR) is 97.0 cm³/mol. The van der Waals surface area contributed by atoms with Gasteiger partial charge in [-0.15, -0.1) is 0 Å². The van der Waals surface area contributed by atoms with E-state index in [0.717, 1.165) is 24.6 Å². The number of hydrogen-bond acceptors (Lipinski definition) is 3. The van der Waals surface area contributed by atoms with Crippen LogP contribution in [0.4, 0.5) is 0 Å². The fourth-order valence-electron chi connectivity index (χ4n) is 4.12. The van der Waals surface area contributed by atoms with Crippen molar-refractivity contribution in [3.05, 3.63) is 0 Å². The number of likely N-dealkylation sites (N-methyl/N-ethyl adjacent to an activating group) is 1. The summed E-state index contributed by atoms with van der Waals surface area (Å²) in [6.45, 7) is 5.70. The molecule has 2 N–H and O–H groups in total. The molecule has 1 heterocycles. The Kier molecular flexibility index (Phi) is 5.81. The molecule has 1 saturated heterocycles. The second-order valence-electron chi connectivity index (χ2n) is 7.76. The van der Waals surface area contributed by atoms with Crippen LogP contribution in [0.1, 0.15) is 51.9 Å². The first-order chi connectivity index (χ1) is 11.2. The van der Waals surface area contributed by atoms with E-state index in [2.05, 4.69) is 39.4 Å². The minimum Gasteiger partial charge on any atom is -0.355 e. The lowest BCUT2D eigenvalue weighted by Crippen LogP contribution is -2.49. The van der Waals surface area contributed by atoms with Crippen molar-refractivity contribution < 1.29 is 0 Å². The van der Waals surface area contributed by atoms with Gasteiger partial charge in [-0.2, -0.15) is 0 Å². The largest absolute Gasteiger partial charge is 0.355 e. The molecule has 0 aromatic heterocycles. The summed E-state index contributed by atoms with van der Waals surface area (Å²) >= 11 is 0. The van der Waals surface area contributed by atoms with E-state index in [1.807, 2.05) is 7.05 Å². The van der Waals surface area contributed by atoms with E-state index in [1.165, 1.54) is 58.0 Å². The molecule has 0 spiro atoms. The topological polar surface area (TPSA) is 42.9 Å². The van der Waals surface area contributed by atoms with Crippen molar-refractivity contribution in [3.63, 3.8) is 0 Å². The monoisotopic (exact) mass is 321 g/mol. The molecule has 1 aliphatic heterocycles. The van der Waals surface area contributed by atoms with Crippen molar-refractivity contribution in [1.29, 1.82) is 0 Å². The van der Waals surface area contributed by atoms with E-state index in [9.17, 15) is 0 Å². The van der Waals surface area contributed by atoms with E-state index in [1.54, 1.807) is 0 Å². The standard InChI is InChI=1S/C18H35N5/c1-14(22(3)16-8-9-16)12-20-18(19-2)21-15-10-11-23(13-15)17-6-4-5-7-17/h14-17H,4-13H2,1-3H3,(H2,19,20,21). The van der Waals surface area contributed by atoms with E-state index in [4.69, 9.17) is 0 Å². The van der Waals surface area contributed by atoms with Gasteiger partial charge in [-0.25, -0.2) is 0 Å². The number of guanidine groups is 1. The molecule has 2 atom stereocenters. The van der Waals surface area contributed by atoms with Crippen molar-refractivity contribution >= 4 is 5.96 Å². The van der Waals surface area contributed by atoms with Crippen LogP contribution in [0.25, 0.3) is 0 Å². The number of hydrogen-bond donors (Lipinski definition) is 2. The van der Waals surface area contributed by atoms with Gasteiger partial charge >= 0.3 is 0 Å². The maximum Gasteiger partial charge on any atom is 0.191 e. The van der Waals surface area contributed by atoms with Gasteiger partial charge < -0.3 is 10.6 Å². The number of aliphatic imine (C=N–C) groups is 1. The number of rotatable bonds is 6. The molecule has 0 aromatic rings. The van der Waals surface area contributed by atoms with E-state index >= 15 is 0 Å². The zero-order chi connectivity index (χ0) is 16.2. The molecule has 0 radical (unpaired) electrons. The van der Waals surface area contributed by atoms with Crippen molar-refractivity contribution in [2.45, 2.75) is 76.0 Å². The van der Waals surface area contributed by atoms with Gasteiger partial charge in [-0.3, -0.25) is 14.8 Å². The van der Waals surface area contributed by atoms with Crippen LogP contribution >= 0.6 is 0 Å². The van der Waals surface area contributed by atoms with E-state index < -0.39 is 0 Å². The first kappa shape index (κ1) is 17.0. The van der Waals surface area contributed by atoms with Crippen molar-refractivity contribution in [2.24, 2.45) is 4.99 Å². The lowest BCUT2D eigenvalue weighted by molar-refractivity contribution is 0.241. The summed E-state index contributed by atoms with van der Waals surface area (Å²) in [5.41, 5.74) is 0. The van der Waals surface area contributed by atoms with Gasteiger partial charge in [-0.05, 0) is 46.1 Å². The molecule has 3 fully saturated rings. The normalized spacial score (nSPS) is 28.5. The molecule has 2 aliphatic carbocycles. The lowest BCUT2D eigenvalue weighted by Gasteiger charge is -2.26. The summed E-state index contributed by atoms with van der Waals surface area (Å²) in [6.07, 6.45) is 9.65. The van der Waals surface area contributed by atoms with Crippen LogP contribution in [-0.2, 0) is 0 Å². The number of nitrogens with zero attached hydrogens (tertiary/aromatic N) is 3. The average molecular weight is 322 g/mol. The average Bonchev–Trinajstić information content (AvgIpc) is 3.07. The van der Waals surface area contributed by atoms with Gasteiger partial charge in [-0.1, -0.05) is 12.8 Å². The molecule has 3 aliphatic rings. The third kappa shape index (κ3) is 4.60. The molecular formula is C18H35N5. The summed E-state index contributed by atoms with van der Waals surface area (Å²) in [5, 5.41) is 7.16. The summed E-state index contributed by atoms with van der Waals surface area (Å²) in [5.74, 6) is 0.972. The van der Waals surface area contributed by atoms with Gasteiger partial charge in [0, 0.05) is 50.8 Å². The molecule has 3 rings (SSSR count). The smallest absolute Gasteiger partial charge is 0.191 e. The Hall–Kier alpha value is -0.810. The summed E-state index contributed by atoms with van der Waals surface area (Å²) in [6, 6.07) is 2.78. The summed E-state index contributed by atoms with van der Waals surface area (Å²) in [4.78, 5) is 9.62. The first-order valence-electron chi connectivity index (χ1n) is 9.60. The molecule has 2 unspecified atom stereocenters. The second-order valence-corrected chi connectivity index (χ2v) is 7.76. The molecule has 0 bridgehead atoms. The zero-order valence-electron chi connectivity index (χ0n) is 15.2. The van der Waals surface area contributed by atoms with Crippen LogP contribution in [0.2, 0.25) is 0 Å². The SMILES string of the molecule is CN=C(NCC(C)N(C)C1CC1)NC1CCN(C2CCCC2)C1. The third-order valence-corrected chi connectivity index (χ3v) is 6.01. The molecule has 132 valence electrons. The first-order valence-corrected chi connectivity index (χ1v) is 9.60. The Morgan fingerprint density at radius 3 is 2.61 bits per heavy atom. The lowest BCUT2D eigenvalue weighted by atomic mass is 10.2. The van der Waals surface area contributed by atoms with E-state index in [-0.39, 0.29) is 0 Å². The van der Waals surface area contributed by atoms with E-state index in [0.29, 0.717) is 12.1 Å². The minimum atomic E-state index is 0.554. The number of nitrogens with one attached hydrogen (secondary N) is 2. The molecule has 2 saturated carbocycles. The fraction of sp³-hybridized carbons (Fsp3) is 0.944. The highest BCUT2D eigenvalue weighted by atomic mass is 15.3. The van der Waals surface area contributed by atoms with Crippen LogP contribution in [0, 0.1) is 0 Å². The Labute approximate surface area is 141 Å². The molecule has 5 heteroatoms. The maximum atomic E-state index is 4.42. The third-order valence-electron chi connectivity index (χ3n) is 6.01. The van der Waals surface area contributed by atoms with Gasteiger partial charge in [0.05, 0.1) is 0 Å². The van der Waals surface area contributed by atoms with Crippen molar-refractivity contribution in [2.75, 3.05) is 33.7 Å². The van der Waals surface area contributed by atoms with Crippen molar-refractivity contribution in [1.82, 2.24) is 20.4 Å². The van der Waals surface area contributed by atoms with Gasteiger partial charge in [0.2, 0.25) is 0 Å². The van der Waals surface area contributed by atoms with Crippen LogP contribution in [0.5, 0.6) is 0 Å². The van der Waals surface area contributed by atoms with Gasteiger partial charge in [0.1, 0.15) is 0 Å². The Bertz CT molecular complexity index is 400. The molecule has 0 amide bonds. The van der Waals surface area contributed by atoms with Gasteiger partial charge in [0.25, 0.3) is 0 Å².